The molecule has 0 saturated carbocycles. The lowest BCUT2D eigenvalue weighted by Gasteiger charge is -2.23. The molecular formula is C24H24O2. The highest BCUT2D eigenvalue weighted by molar-refractivity contribution is 5.86. The van der Waals surface area contributed by atoms with Gasteiger partial charge in [-0.2, -0.15) is 0 Å². The number of fused-ring (bicyclic) bond motifs is 4. The fourth-order valence-corrected chi connectivity index (χ4v) is 5.09. The molecule has 2 aromatic carbocycles. The van der Waals surface area contributed by atoms with Crippen LogP contribution in [-0.2, 0) is 61.0 Å². The first kappa shape index (κ1) is 16.0. The van der Waals surface area contributed by atoms with Crippen LogP contribution in [0.4, 0.5) is 0 Å². The van der Waals surface area contributed by atoms with Crippen molar-refractivity contribution in [3.8, 4) is 0 Å². The van der Waals surface area contributed by atoms with Crippen molar-refractivity contribution in [3.63, 3.8) is 0 Å². The Morgan fingerprint density at radius 3 is 1.00 bits per heavy atom. The summed E-state index contributed by atoms with van der Waals surface area (Å²) in [6.07, 6.45) is 8.40. The van der Waals surface area contributed by atoms with Gasteiger partial charge in [-0.25, -0.2) is 0 Å². The van der Waals surface area contributed by atoms with Gasteiger partial charge in [-0.1, -0.05) is 24.3 Å². The molecule has 0 N–H and O–H groups in total. The molecule has 2 heteroatoms. The van der Waals surface area contributed by atoms with Gasteiger partial charge in [-0.05, 0) is 83.0 Å². The minimum atomic E-state index is 0.302. The lowest BCUT2D eigenvalue weighted by atomic mass is 9.81. The number of carbonyl (C=O) groups excluding carboxylic acids is 2. The molecule has 2 aliphatic carbocycles. The van der Waals surface area contributed by atoms with E-state index in [2.05, 4.69) is 24.3 Å². The molecule has 0 amide bonds. The number of benzene rings is 2. The second kappa shape index (κ2) is 6.19. The summed E-state index contributed by atoms with van der Waals surface area (Å²) in [7, 11) is 0. The third-order valence-electron chi connectivity index (χ3n) is 6.38. The number of carbonyl (C=O) groups is 2. The molecule has 0 radical (unpaired) electrons. The van der Waals surface area contributed by atoms with Crippen LogP contribution in [0.15, 0.2) is 24.3 Å². The summed E-state index contributed by atoms with van der Waals surface area (Å²) in [5.41, 5.74) is 10.0. The quantitative estimate of drug-likeness (QED) is 0.730. The molecular weight excluding hydrogens is 320 g/mol. The van der Waals surface area contributed by atoms with Crippen LogP contribution in [0.2, 0.25) is 0 Å². The van der Waals surface area contributed by atoms with Gasteiger partial charge >= 0.3 is 0 Å². The van der Waals surface area contributed by atoms with Gasteiger partial charge in [0, 0.05) is 25.7 Å². The molecule has 2 nitrogen and oxygen atoms in total. The Kier molecular flexibility index (Phi) is 3.81. The van der Waals surface area contributed by atoms with Crippen LogP contribution in [0.5, 0.6) is 0 Å². The average Bonchev–Trinajstić information content (AvgIpc) is 2.59. The molecule has 26 heavy (non-hydrogen) atoms. The number of aryl methyl sites for hydroxylation is 4. The summed E-state index contributed by atoms with van der Waals surface area (Å²) in [6.45, 7) is 0. The van der Waals surface area contributed by atoms with E-state index in [0.29, 0.717) is 37.2 Å². The Morgan fingerprint density at radius 1 is 0.423 bits per heavy atom. The Labute approximate surface area is 154 Å². The van der Waals surface area contributed by atoms with Gasteiger partial charge in [0.15, 0.2) is 0 Å². The number of rotatable bonds is 0. The van der Waals surface area contributed by atoms with Crippen LogP contribution in [-0.4, -0.2) is 11.6 Å². The molecule has 0 aromatic heterocycles. The normalized spacial score (nSPS) is 18.9. The lowest BCUT2D eigenvalue weighted by Crippen LogP contribution is -2.19. The molecule has 2 aliphatic rings. The standard InChI is InChI=1S/C24H24O2/c25-23-11-19-9-21-13-24(26)14-22-10-20(12-23)16-4-1-3-15(19)7-17(21)5-2-6-18(22)8-16/h7-10H,1-6,11-14H2. The summed E-state index contributed by atoms with van der Waals surface area (Å²) in [4.78, 5) is 25.6. The molecule has 0 bridgehead atoms. The van der Waals surface area contributed by atoms with Crippen molar-refractivity contribution in [1.82, 2.24) is 0 Å². The molecule has 0 saturated heterocycles. The summed E-state index contributed by atoms with van der Waals surface area (Å²) >= 11 is 0. The largest absolute Gasteiger partial charge is 0.299 e. The van der Waals surface area contributed by atoms with Crippen molar-refractivity contribution >= 4 is 11.6 Å². The van der Waals surface area contributed by atoms with Gasteiger partial charge in [-0.3, -0.25) is 9.59 Å². The molecule has 0 spiro atoms. The third-order valence-corrected chi connectivity index (χ3v) is 6.38. The van der Waals surface area contributed by atoms with Crippen molar-refractivity contribution in [3.05, 3.63) is 68.8 Å². The Hall–Kier alpha value is -2.22. The van der Waals surface area contributed by atoms with Crippen molar-refractivity contribution in [1.29, 1.82) is 0 Å². The van der Waals surface area contributed by atoms with Crippen LogP contribution in [0, 0.1) is 0 Å². The number of hydrogen-bond acceptors (Lipinski definition) is 2. The fraction of sp³-hybridized carbons (Fsp3) is 0.417. The van der Waals surface area contributed by atoms with Crippen molar-refractivity contribution in [2.75, 3.05) is 0 Å². The minimum Gasteiger partial charge on any atom is -0.299 e. The smallest absolute Gasteiger partial charge is 0.141 e. The highest BCUT2D eigenvalue weighted by atomic mass is 16.1. The molecule has 0 aliphatic heterocycles. The highest BCUT2D eigenvalue weighted by Gasteiger charge is 2.22. The predicted molar refractivity (Wildman–Crippen MR) is 102 cm³/mol. The van der Waals surface area contributed by atoms with E-state index in [0.717, 1.165) is 38.5 Å². The van der Waals surface area contributed by atoms with Gasteiger partial charge in [0.25, 0.3) is 0 Å². The van der Waals surface area contributed by atoms with Gasteiger partial charge in [0.2, 0.25) is 0 Å². The zero-order valence-corrected chi connectivity index (χ0v) is 15.2. The van der Waals surface area contributed by atoms with E-state index in [9.17, 15) is 9.59 Å². The predicted octanol–water partition coefficient (Wildman–Crippen LogP) is 3.69. The SMILES string of the molecule is O=C1Cc2cc3c4cc2CCCc2cc(c(cc2C1)CC(=O)C3)CCC4. The molecule has 0 fully saturated rings. The molecule has 4 rings (SSSR count). The summed E-state index contributed by atoms with van der Waals surface area (Å²) < 4.78 is 0. The third kappa shape index (κ3) is 2.82. The number of Topliss-reactive ketones (excluding diaryl/α,β-unsaturated/α-hetero) is 2. The molecule has 0 heterocycles. The van der Waals surface area contributed by atoms with Crippen molar-refractivity contribution in [2.45, 2.75) is 64.2 Å². The monoisotopic (exact) mass is 344 g/mol. The van der Waals surface area contributed by atoms with Crippen LogP contribution >= 0.6 is 0 Å². The van der Waals surface area contributed by atoms with Gasteiger partial charge < -0.3 is 0 Å². The van der Waals surface area contributed by atoms with E-state index in [-0.39, 0.29) is 0 Å². The zero-order chi connectivity index (χ0) is 17.7. The van der Waals surface area contributed by atoms with Crippen molar-refractivity contribution < 1.29 is 9.59 Å². The second-order valence-corrected chi connectivity index (χ2v) is 8.27. The van der Waals surface area contributed by atoms with Crippen LogP contribution in [0.1, 0.15) is 57.3 Å². The molecule has 0 unspecified atom stereocenters. The Balaban J connectivity index is 1.81. The van der Waals surface area contributed by atoms with E-state index in [1.54, 1.807) is 0 Å². The summed E-state index contributed by atoms with van der Waals surface area (Å²) in [5.74, 6) is 0.603. The van der Waals surface area contributed by atoms with E-state index < -0.39 is 0 Å². The summed E-state index contributed by atoms with van der Waals surface area (Å²) in [5, 5.41) is 0. The molecule has 2 aromatic rings. The van der Waals surface area contributed by atoms with Crippen LogP contribution < -0.4 is 0 Å². The number of hydrogen-bond donors (Lipinski definition) is 0. The average molecular weight is 344 g/mol. The Bertz CT molecular complexity index is 796. The van der Waals surface area contributed by atoms with Gasteiger partial charge in [0.05, 0.1) is 0 Å². The van der Waals surface area contributed by atoms with E-state index in [1.165, 1.54) is 44.5 Å². The molecule has 132 valence electrons. The maximum atomic E-state index is 12.8. The van der Waals surface area contributed by atoms with Crippen LogP contribution in [0.3, 0.4) is 0 Å². The van der Waals surface area contributed by atoms with Crippen molar-refractivity contribution in [2.24, 2.45) is 0 Å². The van der Waals surface area contributed by atoms with E-state index in [1.807, 2.05) is 0 Å². The topological polar surface area (TPSA) is 34.1 Å². The van der Waals surface area contributed by atoms with E-state index >= 15 is 0 Å². The summed E-state index contributed by atoms with van der Waals surface area (Å²) in [6, 6.07) is 9.04. The van der Waals surface area contributed by atoms with Gasteiger partial charge in [0.1, 0.15) is 11.6 Å². The lowest BCUT2D eigenvalue weighted by molar-refractivity contribution is -0.118. The van der Waals surface area contributed by atoms with Crippen LogP contribution in [0.25, 0.3) is 0 Å². The molecule has 0 atom stereocenters. The fourth-order valence-electron chi connectivity index (χ4n) is 5.09. The highest BCUT2D eigenvalue weighted by Crippen LogP contribution is 2.30. The first-order valence-corrected chi connectivity index (χ1v) is 9.96. The van der Waals surface area contributed by atoms with Gasteiger partial charge in [-0.15, -0.1) is 0 Å². The Morgan fingerprint density at radius 2 is 0.692 bits per heavy atom. The second-order valence-electron chi connectivity index (χ2n) is 8.27. The maximum Gasteiger partial charge on any atom is 0.141 e. The first-order chi connectivity index (χ1) is 12.7. The van der Waals surface area contributed by atoms with E-state index in [4.69, 9.17) is 0 Å². The maximum absolute atomic E-state index is 12.8. The zero-order valence-electron chi connectivity index (χ0n) is 15.2. The first-order valence-electron chi connectivity index (χ1n) is 9.96. The minimum absolute atomic E-state index is 0.302. The number of ketones is 2.